The number of rotatable bonds is 6. The summed E-state index contributed by atoms with van der Waals surface area (Å²) < 4.78 is 38.2. The smallest absolute Gasteiger partial charge is 0.352 e. The summed E-state index contributed by atoms with van der Waals surface area (Å²) in [4.78, 5) is 19.1. The van der Waals surface area contributed by atoms with Gasteiger partial charge in [-0.15, -0.1) is 0 Å². The largest absolute Gasteiger partial charge is 0.416 e. The zero-order valence-electron chi connectivity index (χ0n) is 17.3. The van der Waals surface area contributed by atoms with E-state index in [-0.39, 0.29) is 5.91 Å². The number of aromatic nitrogens is 1. The van der Waals surface area contributed by atoms with Gasteiger partial charge in [-0.05, 0) is 66.0 Å². The summed E-state index contributed by atoms with van der Waals surface area (Å²) in [6.07, 6.45) is 0.781. The summed E-state index contributed by atoms with van der Waals surface area (Å²) in [6, 6.07) is 7.16. The molecule has 0 aliphatic carbocycles. The van der Waals surface area contributed by atoms with Crippen molar-refractivity contribution in [1.82, 2.24) is 15.2 Å². The lowest BCUT2D eigenvalue weighted by Gasteiger charge is -2.21. The molecular formula is C23H26F3N3OS. The van der Waals surface area contributed by atoms with Gasteiger partial charge in [-0.3, -0.25) is 14.7 Å². The third kappa shape index (κ3) is 5.80. The Morgan fingerprint density at radius 2 is 1.90 bits per heavy atom. The van der Waals surface area contributed by atoms with Gasteiger partial charge in [0.25, 0.3) is 5.91 Å². The molecule has 2 aromatic rings. The Hall–Kier alpha value is -2.06. The Labute approximate surface area is 184 Å². The first-order valence-electron chi connectivity index (χ1n) is 10.6. The molecular weight excluding hydrogens is 423 g/mol. The molecule has 1 fully saturated rings. The highest BCUT2D eigenvalue weighted by atomic mass is 32.2. The van der Waals surface area contributed by atoms with Crippen LogP contribution in [0.3, 0.4) is 0 Å². The SMILES string of the molecule is O=C(NCCC1CCSCC1)c1cnc2c(c1)CN(Cc1ccc(C(F)(F)F)cc1)C2. The lowest BCUT2D eigenvalue weighted by atomic mass is 9.99. The first-order chi connectivity index (χ1) is 14.9. The van der Waals surface area contributed by atoms with Gasteiger partial charge in [-0.2, -0.15) is 24.9 Å². The number of hydrogen-bond acceptors (Lipinski definition) is 4. The van der Waals surface area contributed by atoms with Gasteiger partial charge in [0.05, 0.1) is 16.8 Å². The summed E-state index contributed by atoms with van der Waals surface area (Å²) in [7, 11) is 0. The summed E-state index contributed by atoms with van der Waals surface area (Å²) in [5, 5.41) is 3.01. The van der Waals surface area contributed by atoms with Gasteiger partial charge in [-0.25, -0.2) is 0 Å². The van der Waals surface area contributed by atoms with Gasteiger partial charge in [0.15, 0.2) is 0 Å². The van der Waals surface area contributed by atoms with Crippen LogP contribution >= 0.6 is 11.8 Å². The molecule has 0 unspecified atom stereocenters. The highest BCUT2D eigenvalue weighted by Gasteiger charge is 2.30. The normalized spacial score (nSPS) is 17.5. The van der Waals surface area contributed by atoms with Crippen LogP contribution in [0.2, 0.25) is 0 Å². The highest BCUT2D eigenvalue weighted by Crippen LogP contribution is 2.30. The van der Waals surface area contributed by atoms with Gasteiger partial charge in [0, 0.05) is 32.4 Å². The fourth-order valence-corrected chi connectivity index (χ4v) is 5.35. The van der Waals surface area contributed by atoms with Crippen molar-refractivity contribution in [2.75, 3.05) is 18.1 Å². The lowest BCUT2D eigenvalue weighted by Crippen LogP contribution is -2.27. The van der Waals surface area contributed by atoms with Gasteiger partial charge >= 0.3 is 6.18 Å². The molecule has 3 heterocycles. The van der Waals surface area contributed by atoms with E-state index in [0.717, 1.165) is 35.4 Å². The fourth-order valence-electron chi connectivity index (χ4n) is 4.15. The van der Waals surface area contributed by atoms with Gasteiger partial charge < -0.3 is 5.32 Å². The van der Waals surface area contributed by atoms with E-state index in [0.29, 0.717) is 37.7 Å². The second-order valence-corrected chi connectivity index (χ2v) is 9.49. The molecule has 166 valence electrons. The van der Waals surface area contributed by atoms with E-state index in [2.05, 4.69) is 15.2 Å². The van der Waals surface area contributed by atoms with Gasteiger partial charge in [0.2, 0.25) is 0 Å². The second kappa shape index (κ2) is 9.61. The average molecular weight is 450 g/mol. The molecule has 4 nitrogen and oxygen atoms in total. The number of carbonyl (C=O) groups is 1. The molecule has 0 radical (unpaired) electrons. The number of hydrogen-bond donors (Lipinski definition) is 1. The minimum atomic E-state index is -4.32. The van der Waals surface area contributed by atoms with E-state index in [1.807, 2.05) is 17.8 Å². The molecule has 1 N–H and O–H groups in total. The van der Waals surface area contributed by atoms with E-state index in [9.17, 15) is 18.0 Å². The molecule has 0 atom stereocenters. The van der Waals surface area contributed by atoms with Crippen LogP contribution in [0.1, 0.15) is 52.0 Å². The third-order valence-electron chi connectivity index (χ3n) is 5.96. The molecule has 2 aliphatic rings. The maximum absolute atomic E-state index is 12.7. The van der Waals surface area contributed by atoms with Crippen molar-refractivity contribution in [3.8, 4) is 0 Å². The Balaban J connectivity index is 1.29. The predicted molar refractivity (Wildman–Crippen MR) is 116 cm³/mol. The number of carbonyl (C=O) groups excluding carboxylic acids is 1. The summed E-state index contributed by atoms with van der Waals surface area (Å²) in [5.41, 5.74) is 2.67. The molecule has 1 aromatic carbocycles. The number of thioether (sulfide) groups is 1. The molecule has 1 aromatic heterocycles. The number of benzene rings is 1. The molecule has 1 saturated heterocycles. The monoisotopic (exact) mass is 449 g/mol. The van der Waals surface area contributed by atoms with Crippen molar-refractivity contribution in [2.45, 2.75) is 45.1 Å². The van der Waals surface area contributed by atoms with Crippen molar-refractivity contribution < 1.29 is 18.0 Å². The van der Waals surface area contributed by atoms with Crippen molar-refractivity contribution in [1.29, 1.82) is 0 Å². The van der Waals surface area contributed by atoms with E-state index in [1.165, 1.54) is 36.5 Å². The van der Waals surface area contributed by atoms with E-state index >= 15 is 0 Å². The van der Waals surface area contributed by atoms with Crippen molar-refractivity contribution >= 4 is 17.7 Å². The Morgan fingerprint density at radius 3 is 2.61 bits per heavy atom. The highest BCUT2D eigenvalue weighted by molar-refractivity contribution is 7.99. The molecule has 8 heteroatoms. The van der Waals surface area contributed by atoms with Gasteiger partial charge in [0.1, 0.15) is 0 Å². The van der Waals surface area contributed by atoms with Crippen molar-refractivity contribution in [3.05, 3.63) is 64.5 Å². The van der Waals surface area contributed by atoms with Crippen LogP contribution in [0.25, 0.3) is 0 Å². The lowest BCUT2D eigenvalue weighted by molar-refractivity contribution is -0.137. The first-order valence-corrected chi connectivity index (χ1v) is 11.8. The average Bonchev–Trinajstić information content (AvgIpc) is 3.15. The van der Waals surface area contributed by atoms with Crippen LogP contribution in [0, 0.1) is 5.92 Å². The summed E-state index contributed by atoms with van der Waals surface area (Å²) in [5.74, 6) is 3.05. The zero-order chi connectivity index (χ0) is 21.8. The molecule has 0 spiro atoms. The first kappa shape index (κ1) is 22.1. The van der Waals surface area contributed by atoms with E-state index < -0.39 is 11.7 Å². The summed E-state index contributed by atoms with van der Waals surface area (Å²) in [6.45, 7) is 2.48. The van der Waals surface area contributed by atoms with Crippen LogP contribution in [-0.2, 0) is 25.8 Å². The number of nitrogens with zero attached hydrogens (tertiary/aromatic N) is 2. The second-order valence-electron chi connectivity index (χ2n) is 8.27. The molecule has 0 saturated carbocycles. The van der Waals surface area contributed by atoms with Crippen LogP contribution in [-0.4, -0.2) is 33.8 Å². The predicted octanol–water partition coefficient (Wildman–Crippen LogP) is 4.88. The minimum absolute atomic E-state index is 0.0957. The quantitative estimate of drug-likeness (QED) is 0.683. The Kier molecular flexibility index (Phi) is 6.86. The van der Waals surface area contributed by atoms with E-state index in [1.54, 1.807) is 6.20 Å². The van der Waals surface area contributed by atoms with Crippen molar-refractivity contribution in [3.63, 3.8) is 0 Å². The number of pyridine rings is 1. The maximum atomic E-state index is 12.7. The Bertz CT molecular complexity index is 911. The van der Waals surface area contributed by atoms with Crippen LogP contribution in [0.5, 0.6) is 0 Å². The number of nitrogens with one attached hydrogen (secondary N) is 1. The number of alkyl halides is 3. The maximum Gasteiger partial charge on any atom is 0.416 e. The molecule has 1 amide bonds. The summed E-state index contributed by atoms with van der Waals surface area (Å²) >= 11 is 2.00. The standard InChI is InChI=1S/C23H26F3N3OS/c24-23(25,26)20-3-1-17(2-4-20)13-29-14-19-11-18(12-28-21(19)15-29)22(30)27-8-5-16-6-9-31-10-7-16/h1-4,11-12,16H,5-10,13-15H2,(H,27,30). The molecule has 0 bridgehead atoms. The molecule has 4 rings (SSSR count). The molecule has 31 heavy (non-hydrogen) atoms. The number of fused-ring (bicyclic) bond motifs is 1. The zero-order valence-corrected chi connectivity index (χ0v) is 18.1. The van der Waals surface area contributed by atoms with E-state index in [4.69, 9.17) is 0 Å². The molecule has 2 aliphatic heterocycles. The topological polar surface area (TPSA) is 45.2 Å². The number of halogens is 3. The number of amides is 1. The van der Waals surface area contributed by atoms with Crippen LogP contribution in [0.4, 0.5) is 13.2 Å². The minimum Gasteiger partial charge on any atom is -0.352 e. The van der Waals surface area contributed by atoms with Gasteiger partial charge in [-0.1, -0.05) is 12.1 Å². The van der Waals surface area contributed by atoms with Crippen molar-refractivity contribution in [2.24, 2.45) is 5.92 Å². The Morgan fingerprint density at radius 1 is 1.16 bits per heavy atom. The third-order valence-corrected chi connectivity index (χ3v) is 7.00. The fraction of sp³-hybridized carbons (Fsp3) is 0.478. The van der Waals surface area contributed by atoms with Crippen LogP contribution in [0.15, 0.2) is 36.5 Å². The van der Waals surface area contributed by atoms with Crippen LogP contribution < -0.4 is 5.32 Å².